The van der Waals surface area contributed by atoms with E-state index in [4.69, 9.17) is 24.1 Å². The van der Waals surface area contributed by atoms with Crippen LogP contribution in [0.1, 0.15) is 64.2 Å². The van der Waals surface area contributed by atoms with Crippen LogP contribution in [-0.2, 0) is 23.7 Å². The summed E-state index contributed by atoms with van der Waals surface area (Å²) in [6.07, 6.45) is -3.71. The predicted molar refractivity (Wildman–Crippen MR) is 126 cm³/mol. The van der Waals surface area contributed by atoms with Crippen LogP contribution in [0, 0.1) is 0 Å². The summed E-state index contributed by atoms with van der Waals surface area (Å²) in [5.74, 6) is -2.80. The third-order valence-corrected chi connectivity index (χ3v) is 6.83. The maximum Gasteiger partial charge on any atom is 0.303 e. The maximum atomic E-state index is 10.7. The molecule has 9 atom stereocenters. The molecule has 2 saturated heterocycles. The number of aliphatic carboxylic acids is 1. The fraction of sp³-hybridized carbons (Fsp3) is 0.958. The second kappa shape index (κ2) is 16.2. The van der Waals surface area contributed by atoms with Crippen molar-refractivity contribution in [2.45, 2.75) is 119 Å². The largest absolute Gasteiger partial charge is 0.481 e. The van der Waals surface area contributed by atoms with Gasteiger partial charge in [0.25, 0.3) is 0 Å². The molecular formula is C24H44O13. The van der Waals surface area contributed by atoms with Crippen molar-refractivity contribution < 1.29 is 64.6 Å². The topological polar surface area (TPSA) is 216 Å². The summed E-state index contributed by atoms with van der Waals surface area (Å²) in [5, 5.41) is 78.7. The van der Waals surface area contributed by atoms with Crippen molar-refractivity contribution in [2.24, 2.45) is 0 Å². The molecule has 0 saturated carbocycles. The molecule has 0 radical (unpaired) electrons. The Balaban J connectivity index is 1.78. The van der Waals surface area contributed by atoms with Gasteiger partial charge < -0.3 is 59.8 Å². The van der Waals surface area contributed by atoms with Crippen LogP contribution >= 0.6 is 0 Å². The minimum absolute atomic E-state index is 0.219. The highest BCUT2D eigenvalue weighted by Gasteiger charge is 2.58. The van der Waals surface area contributed by atoms with Gasteiger partial charge in [0, 0.05) is 13.0 Å². The highest BCUT2D eigenvalue weighted by molar-refractivity contribution is 5.66. The summed E-state index contributed by atoms with van der Waals surface area (Å²) in [6, 6.07) is 0. The van der Waals surface area contributed by atoms with Crippen molar-refractivity contribution >= 4 is 5.97 Å². The fourth-order valence-corrected chi connectivity index (χ4v) is 4.55. The summed E-state index contributed by atoms with van der Waals surface area (Å²) in [6.45, 7) is -1.40. The number of ether oxygens (including phenoxy) is 4. The van der Waals surface area contributed by atoms with Gasteiger partial charge in [-0.15, -0.1) is 0 Å². The third kappa shape index (κ3) is 9.32. The standard InChI is InChI=1S/C24H44O13/c25-12-15-18(29)20(31)21(32)23(35-15)37-24(22(33)19(30)16(13-26)36-24)14-34-11-9-7-5-3-1-2-4-6-8-10-17(27)28/h15-16,18-23,25-26,29-33H,1-14H2,(H,27,28)/t15-,16-,18-,19-,20+,21-,22+,23-,24+/m1/s1. The molecule has 0 spiro atoms. The van der Waals surface area contributed by atoms with Crippen molar-refractivity contribution in [1.82, 2.24) is 0 Å². The molecule has 0 amide bonds. The molecule has 0 bridgehead atoms. The Morgan fingerprint density at radius 1 is 0.730 bits per heavy atom. The first-order valence-corrected chi connectivity index (χ1v) is 13.1. The highest BCUT2D eigenvalue weighted by atomic mass is 16.8. The Bertz CT molecular complexity index is 650. The molecule has 0 unspecified atom stereocenters. The maximum absolute atomic E-state index is 10.7. The first kappa shape index (κ1) is 32.2. The van der Waals surface area contributed by atoms with E-state index in [1.807, 2.05) is 0 Å². The molecule has 0 aliphatic carbocycles. The second-order valence-corrected chi connectivity index (χ2v) is 9.78. The van der Waals surface area contributed by atoms with Crippen LogP contribution in [-0.4, -0.2) is 128 Å². The van der Waals surface area contributed by atoms with Crippen LogP contribution in [0.4, 0.5) is 0 Å². The zero-order valence-electron chi connectivity index (χ0n) is 21.1. The van der Waals surface area contributed by atoms with E-state index in [2.05, 4.69) is 0 Å². The lowest BCUT2D eigenvalue weighted by molar-refractivity contribution is -0.385. The normalized spacial score (nSPS) is 36.2. The van der Waals surface area contributed by atoms with Gasteiger partial charge in [0.05, 0.1) is 13.2 Å². The minimum atomic E-state index is -2.04. The van der Waals surface area contributed by atoms with Gasteiger partial charge in [0.1, 0.15) is 49.3 Å². The minimum Gasteiger partial charge on any atom is -0.481 e. The first-order valence-electron chi connectivity index (χ1n) is 13.1. The van der Waals surface area contributed by atoms with Crippen molar-refractivity contribution in [3.8, 4) is 0 Å². The average molecular weight is 541 g/mol. The van der Waals surface area contributed by atoms with Gasteiger partial charge in [-0.05, 0) is 12.8 Å². The molecule has 218 valence electrons. The second-order valence-electron chi connectivity index (χ2n) is 9.78. The average Bonchev–Trinajstić information content (AvgIpc) is 3.11. The van der Waals surface area contributed by atoms with Crippen molar-refractivity contribution in [1.29, 1.82) is 0 Å². The number of carbonyl (C=O) groups is 1. The van der Waals surface area contributed by atoms with Gasteiger partial charge >= 0.3 is 5.97 Å². The number of carboxylic acids is 1. The van der Waals surface area contributed by atoms with Crippen molar-refractivity contribution in [3.05, 3.63) is 0 Å². The number of aliphatic hydroxyl groups is 7. The van der Waals surface area contributed by atoms with Gasteiger partial charge in [-0.3, -0.25) is 4.79 Å². The van der Waals surface area contributed by atoms with E-state index in [0.29, 0.717) is 12.8 Å². The molecule has 2 rings (SSSR count). The number of hydrogen-bond donors (Lipinski definition) is 8. The quantitative estimate of drug-likeness (QED) is 0.0941. The third-order valence-electron chi connectivity index (χ3n) is 6.83. The van der Waals surface area contributed by atoms with Gasteiger partial charge in [-0.1, -0.05) is 44.9 Å². The summed E-state index contributed by atoms with van der Waals surface area (Å²) in [4.78, 5) is 10.5. The Hall–Kier alpha value is -0.970. The fourth-order valence-electron chi connectivity index (χ4n) is 4.55. The van der Waals surface area contributed by atoms with Crippen molar-refractivity contribution in [2.75, 3.05) is 26.4 Å². The van der Waals surface area contributed by atoms with Crippen LogP contribution in [0.3, 0.4) is 0 Å². The van der Waals surface area contributed by atoms with E-state index in [0.717, 1.165) is 44.9 Å². The summed E-state index contributed by atoms with van der Waals surface area (Å²) in [5.41, 5.74) is 0. The Morgan fingerprint density at radius 3 is 1.84 bits per heavy atom. The Kier molecular flexibility index (Phi) is 14.1. The van der Waals surface area contributed by atoms with Crippen LogP contribution in [0.5, 0.6) is 0 Å². The van der Waals surface area contributed by atoms with Gasteiger partial charge in [0.2, 0.25) is 5.79 Å². The molecule has 2 heterocycles. The van der Waals surface area contributed by atoms with Gasteiger partial charge in [-0.25, -0.2) is 0 Å². The van der Waals surface area contributed by atoms with E-state index in [-0.39, 0.29) is 19.6 Å². The molecule has 2 aliphatic heterocycles. The van der Waals surface area contributed by atoms with Gasteiger partial charge in [0.15, 0.2) is 6.29 Å². The summed E-state index contributed by atoms with van der Waals surface area (Å²) in [7, 11) is 0. The van der Waals surface area contributed by atoms with E-state index in [9.17, 15) is 40.5 Å². The highest BCUT2D eigenvalue weighted by Crippen LogP contribution is 2.36. The zero-order valence-corrected chi connectivity index (χ0v) is 21.1. The number of hydrogen-bond acceptors (Lipinski definition) is 12. The lowest BCUT2D eigenvalue weighted by atomic mass is 9.99. The molecule has 0 aromatic heterocycles. The lowest BCUT2D eigenvalue weighted by Crippen LogP contribution is -2.62. The molecule has 13 heteroatoms. The summed E-state index contributed by atoms with van der Waals surface area (Å²) >= 11 is 0. The molecule has 37 heavy (non-hydrogen) atoms. The van der Waals surface area contributed by atoms with E-state index < -0.39 is 74.0 Å². The number of carboxylic acid groups (broad SMARTS) is 1. The Labute approximate surface area is 216 Å². The van der Waals surface area contributed by atoms with Crippen LogP contribution in [0.15, 0.2) is 0 Å². The monoisotopic (exact) mass is 540 g/mol. The van der Waals surface area contributed by atoms with E-state index in [1.165, 1.54) is 0 Å². The molecule has 2 fully saturated rings. The summed E-state index contributed by atoms with van der Waals surface area (Å²) < 4.78 is 22.3. The first-order chi connectivity index (χ1) is 17.7. The molecule has 0 aromatic carbocycles. The van der Waals surface area contributed by atoms with E-state index >= 15 is 0 Å². The predicted octanol–water partition coefficient (Wildman–Crippen LogP) is -1.39. The molecular weight excluding hydrogens is 496 g/mol. The number of aliphatic hydroxyl groups excluding tert-OH is 7. The van der Waals surface area contributed by atoms with E-state index in [1.54, 1.807) is 0 Å². The Morgan fingerprint density at radius 2 is 1.30 bits per heavy atom. The molecule has 13 nitrogen and oxygen atoms in total. The molecule has 0 aromatic rings. The van der Waals surface area contributed by atoms with Gasteiger partial charge in [-0.2, -0.15) is 0 Å². The molecule has 2 aliphatic rings. The van der Waals surface area contributed by atoms with Crippen LogP contribution in [0.25, 0.3) is 0 Å². The SMILES string of the molecule is O=C(O)CCCCCCCCCCCOC[C@@]1(O[C@H]2O[C@H](CO)[C@@H](O)[C@H](O)[C@H]2O)O[C@H](CO)[C@@H](O)[C@@H]1O. The smallest absolute Gasteiger partial charge is 0.303 e. The molecule has 8 N–H and O–H groups in total. The van der Waals surface area contributed by atoms with Crippen LogP contribution in [0.2, 0.25) is 0 Å². The van der Waals surface area contributed by atoms with Crippen LogP contribution < -0.4 is 0 Å². The van der Waals surface area contributed by atoms with Crippen molar-refractivity contribution in [3.63, 3.8) is 0 Å². The number of unbranched alkanes of at least 4 members (excludes halogenated alkanes) is 8. The number of rotatable bonds is 18. The zero-order chi connectivity index (χ0) is 27.4. The lowest BCUT2D eigenvalue weighted by Gasteiger charge is -2.43.